The van der Waals surface area contributed by atoms with Crippen molar-refractivity contribution in [2.24, 2.45) is 0 Å². The zero-order valence-corrected chi connectivity index (χ0v) is 10.3. The molecule has 0 spiro atoms. The molecule has 0 aliphatic heterocycles. The van der Waals surface area contributed by atoms with Crippen LogP contribution >= 0.6 is 9.24 Å². The van der Waals surface area contributed by atoms with E-state index < -0.39 is 0 Å². The molecule has 1 radical (unpaired) electrons. The predicted octanol–water partition coefficient (Wildman–Crippen LogP) is 5.05. The van der Waals surface area contributed by atoms with E-state index in [1.165, 1.54) is 70.4 Å². The van der Waals surface area contributed by atoms with Gasteiger partial charge in [-0.3, -0.25) is 0 Å². The van der Waals surface area contributed by atoms with E-state index in [4.69, 9.17) is 0 Å². The summed E-state index contributed by atoms with van der Waals surface area (Å²) in [7, 11) is 3.50. The summed E-state index contributed by atoms with van der Waals surface area (Å²) in [6.45, 7) is 2.28. The van der Waals surface area contributed by atoms with Crippen LogP contribution in [-0.4, -0.2) is 6.16 Å². The summed E-state index contributed by atoms with van der Waals surface area (Å²) >= 11 is 0. The molecule has 13 heavy (non-hydrogen) atoms. The van der Waals surface area contributed by atoms with Crippen molar-refractivity contribution in [3.05, 3.63) is 0 Å². The summed E-state index contributed by atoms with van der Waals surface area (Å²) in [5, 5.41) is 0. The largest absolute Gasteiger partial charge is 0.0992 e. The summed E-state index contributed by atoms with van der Waals surface area (Å²) in [4.78, 5) is 0. The van der Waals surface area contributed by atoms with E-state index in [1.807, 2.05) is 0 Å². The van der Waals surface area contributed by atoms with Gasteiger partial charge in [-0.05, 0) is 12.6 Å². The smallest absolute Gasteiger partial charge is 0.0317 e. The average Bonchev–Trinajstić information content (AvgIpc) is 2.16. The van der Waals surface area contributed by atoms with Gasteiger partial charge in [-0.25, -0.2) is 0 Å². The molecule has 0 nitrogen and oxygen atoms in total. The quantitative estimate of drug-likeness (QED) is 0.343. The van der Waals surface area contributed by atoms with Crippen LogP contribution in [0, 0.1) is 0 Å². The molecule has 0 atom stereocenters. The molecule has 0 aromatic heterocycles. The van der Waals surface area contributed by atoms with Crippen LogP contribution < -0.4 is 0 Å². The average molecular weight is 201 g/mol. The summed E-state index contributed by atoms with van der Waals surface area (Å²) in [5.41, 5.74) is 0. The second-order valence-corrected chi connectivity index (χ2v) is 4.43. The molecule has 0 amide bonds. The second kappa shape index (κ2) is 12.4. The molecular formula is C12H26P. The van der Waals surface area contributed by atoms with E-state index in [9.17, 15) is 0 Å². The lowest BCUT2D eigenvalue weighted by Crippen LogP contribution is -1.81. The van der Waals surface area contributed by atoms with E-state index in [0.717, 1.165) is 0 Å². The molecule has 0 heterocycles. The van der Waals surface area contributed by atoms with Gasteiger partial charge in [0.1, 0.15) is 0 Å². The van der Waals surface area contributed by atoms with Crippen LogP contribution in [0.4, 0.5) is 0 Å². The first kappa shape index (κ1) is 13.4. The van der Waals surface area contributed by atoms with Crippen LogP contribution in [-0.2, 0) is 0 Å². The minimum atomic E-state index is 1.18. The first-order valence-electron chi connectivity index (χ1n) is 6.06. The Labute approximate surface area is 87.1 Å². The van der Waals surface area contributed by atoms with Gasteiger partial charge in [0.05, 0.1) is 0 Å². The Kier molecular flexibility index (Phi) is 12.8. The molecule has 0 saturated heterocycles. The third-order valence-corrected chi connectivity index (χ3v) is 2.88. The maximum atomic E-state index is 3.50. The topological polar surface area (TPSA) is 0 Å². The molecule has 0 unspecified atom stereocenters. The van der Waals surface area contributed by atoms with E-state index in [1.54, 1.807) is 0 Å². The van der Waals surface area contributed by atoms with Gasteiger partial charge in [-0.1, -0.05) is 74.0 Å². The maximum absolute atomic E-state index is 3.50. The van der Waals surface area contributed by atoms with Crippen molar-refractivity contribution < 1.29 is 0 Å². The molecule has 0 aliphatic carbocycles. The van der Waals surface area contributed by atoms with Gasteiger partial charge in [-0.15, -0.1) is 0 Å². The van der Waals surface area contributed by atoms with Crippen LogP contribution in [0.3, 0.4) is 0 Å². The van der Waals surface area contributed by atoms with Gasteiger partial charge in [0.25, 0.3) is 0 Å². The van der Waals surface area contributed by atoms with Gasteiger partial charge in [0, 0.05) is 0 Å². The van der Waals surface area contributed by atoms with Crippen molar-refractivity contribution in [1.29, 1.82) is 0 Å². The first-order valence-corrected chi connectivity index (χ1v) is 6.77. The molecule has 0 aliphatic rings. The highest BCUT2D eigenvalue weighted by Gasteiger charge is 1.91. The van der Waals surface area contributed by atoms with Gasteiger partial charge in [0.2, 0.25) is 0 Å². The fourth-order valence-corrected chi connectivity index (χ4v) is 1.86. The van der Waals surface area contributed by atoms with Crippen LogP contribution in [0.1, 0.15) is 71.1 Å². The van der Waals surface area contributed by atoms with Crippen LogP contribution in [0.5, 0.6) is 0 Å². The van der Waals surface area contributed by atoms with Crippen LogP contribution in [0.15, 0.2) is 0 Å². The monoisotopic (exact) mass is 201 g/mol. The summed E-state index contributed by atoms with van der Waals surface area (Å²) in [6, 6.07) is 0. The third-order valence-electron chi connectivity index (χ3n) is 2.53. The van der Waals surface area contributed by atoms with Gasteiger partial charge < -0.3 is 0 Å². The molecule has 79 valence electrons. The molecule has 0 aromatic rings. The molecule has 0 rings (SSSR count). The maximum Gasteiger partial charge on any atom is -0.0317 e. The minimum absolute atomic E-state index is 1.18. The zero-order chi connectivity index (χ0) is 9.78. The van der Waals surface area contributed by atoms with Crippen molar-refractivity contribution in [2.75, 3.05) is 6.16 Å². The van der Waals surface area contributed by atoms with Gasteiger partial charge >= 0.3 is 0 Å². The fraction of sp³-hybridized carbons (Fsp3) is 1.00. The van der Waals surface area contributed by atoms with Crippen LogP contribution in [0.2, 0.25) is 0 Å². The highest BCUT2D eigenvalue weighted by atomic mass is 31.0. The third kappa shape index (κ3) is 12.4. The summed E-state index contributed by atoms with van der Waals surface area (Å²) in [6.07, 6.45) is 15.5. The molecule has 0 N–H and O–H groups in total. The number of hydrogen-bond acceptors (Lipinski definition) is 0. The Morgan fingerprint density at radius 2 is 1.00 bits per heavy atom. The van der Waals surface area contributed by atoms with Crippen molar-refractivity contribution in [2.45, 2.75) is 71.1 Å². The molecule has 0 saturated carbocycles. The number of hydrogen-bond donors (Lipinski definition) is 0. The molecule has 0 bridgehead atoms. The van der Waals surface area contributed by atoms with Crippen molar-refractivity contribution in [1.82, 2.24) is 0 Å². The minimum Gasteiger partial charge on any atom is -0.0992 e. The predicted molar refractivity (Wildman–Crippen MR) is 65.0 cm³/mol. The lowest BCUT2D eigenvalue weighted by atomic mass is 10.1. The normalized spacial score (nSPS) is 10.6. The number of unbranched alkanes of at least 4 members (excludes halogenated alkanes) is 9. The molecule has 0 aromatic carbocycles. The standard InChI is InChI=1S/C12H26P/c1-2-3-4-5-6-7-8-9-10-11-12-13/h13H,2-12H2,1H3. The van der Waals surface area contributed by atoms with Crippen molar-refractivity contribution in [3.63, 3.8) is 0 Å². The van der Waals surface area contributed by atoms with Crippen molar-refractivity contribution >= 4 is 9.24 Å². The molecular weight excluding hydrogens is 175 g/mol. The Morgan fingerprint density at radius 1 is 0.615 bits per heavy atom. The van der Waals surface area contributed by atoms with E-state index in [0.29, 0.717) is 0 Å². The SMILES string of the molecule is CCCCCCCCCCCC[PH]. The summed E-state index contributed by atoms with van der Waals surface area (Å²) in [5.74, 6) is 0. The van der Waals surface area contributed by atoms with E-state index in [2.05, 4.69) is 16.2 Å². The van der Waals surface area contributed by atoms with Gasteiger partial charge in [0.15, 0.2) is 0 Å². The van der Waals surface area contributed by atoms with Crippen molar-refractivity contribution in [3.8, 4) is 0 Å². The lowest BCUT2D eigenvalue weighted by Gasteiger charge is -2.00. The Morgan fingerprint density at radius 3 is 1.38 bits per heavy atom. The highest BCUT2D eigenvalue weighted by Crippen LogP contribution is 2.10. The Balaban J connectivity index is 2.76. The first-order chi connectivity index (χ1) is 6.41. The van der Waals surface area contributed by atoms with Gasteiger partial charge in [-0.2, -0.15) is 0 Å². The fourth-order valence-electron chi connectivity index (χ4n) is 1.61. The summed E-state index contributed by atoms with van der Waals surface area (Å²) < 4.78 is 0. The van der Waals surface area contributed by atoms with Crippen LogP contribution in [0.25, 0.3) is 0 Å². The van der Waals surface area contributed by atoms with E-state index >= 15 is 0 Å². The number of rotatable bonds is 10. The lowest BCUT2D eigenvalue weighted by molar-refractivity contribution is 0.563. The molecule has 0 fully saturated rings. The Bertz CT molecular complexity index is 71.2. The highest BCUT2D eigenvalue weighted by molar-refractivity contribution is 7.16. The Hall–Kier alpha value is 0.430. The second-order valence-electron chi connectivity index (χ2n) is 3.93. The zero-order valence-electron chi connectivity index (χ0n) is 9.28. The van der Waals surface area contributed by atoms with E-state index in [-0.39, 0.29) is 0 Å². The molecule has 1 heteroatoms.